The molecule has 0 bridgehead atoms. The Hall–Kier alpha value is -4.57. The molecule has 0 fully saturated rings. The van der Waals surface area contributed by atoms with Crippen molar-refractivity contribution >= 4 is 17.6 Å². The second-order valence-electron chi connectivity index (χ2n) is 7.54. The van der Waals surface area contributed by atoms with Crippen molar-refractivity contribution in [2.24, 2.45) is 0 Å². The number of imidazole rings is 1. The van der Waals surface area contributed by atoms with Gasteiger partial charge in [0.25, 0.3) is 0 Å². The molecule has 1 atom stereocenters. The maximum Gasteiger partial charge on any atom is 0.248 e. The van der Waals surface area contributed by atoms with E-state index in [0.717, 1.165) is 5.56 Å². The zero-order valence-electron chi connectivity index (χ0n) is 18.4. The summed E-state index contributed by atoms with van der Waals surface area (Å²) in [4.78, 5) is 35.8. The van der Waals surface area contributed by atoms with Crippen molar-refractivity contribution < 1.29 is 23.8 Å². The first-order valence-corrected chi connectivity index (χ1v) is 10.7. The van der Waals surface area contributed by atoms with Crippen LogP contribution in [-0.2, 0) is 16.0 Å². The fourth-order valence-corrected chi connectivity index (χ4v) is 3.28. The number of hydrogen-bond acceptors (Lipinski definition) is 6. The number of aliphatic hydroxyl groups is 1. The monoisotopic (exact) mass is 475 g/mol. The average molecular weight is 475 g/mol. The van der Waals surface area contributed by atoms with Crippen molar-refractivity contribution in [1.82, 2.24) is 20.3 Å². The number of carbonyl (C=O) groups excluding carboxylic acids is 2. The van der Waals surface area contributed by atoms with E-state index in [0.29, 0.717) is 28.7 Å². The van der Waals surface area contributed by atoms with Crippen LogP contribution in [0.5, 0.6) is 11.5 Å². The van der Waals surface area contributed by atoms with Gasteiger partial charge in [-0.2, -0.15) is 0 Å². The minimum atomic E-state index is -0.941. The lowest BCUT2D eigenvalue weighted by molar-refractivity contribution is -0.128. The van der Waals surface area contributed by atoms with Gasteiger partial charge >= 0.3 is 0 Å². The van der Waals surface area contributed by atoms with Crippen molar-refractivity contribution in [2.45, 2.75) is 12.5 Å². The highest BCUT2D eigenvalue weighted by atomic mass is 19.1. The number of carbonyl (C=O) groups is 2. The lowest BCUT2D eigenvalue weighted by Crippen LogP contribution is -2.46. The van der Waals surface area contributed by atoms with E-state index >= 15 is 0 Å². The van der Waals surface area contributed by atoms with E-state index in [2.05, 4.69) is 25.6 Å². The number of H-pyrrole nitrogens is 1. The topological polar surface area (TPSA) is 129 Å². The van der Waals surface area contributed by atoms with Crippen molar-refractivity contribution in [3.8, 4) is 22.8 Å². The van der Waals surface area contributed by atoms with Crippen LogP contribution >= 0.6 is 0 Å². The fraction of sp³-hybridized carbons (Fsp3) is 0.120. The maximum atomic E-state index is 13.1. The summed E-state index contributed by atoms with van der Waals surface area (Å²) < 4.78 is 18.8. The van der Waals surface area contributed by atoms with Gasteiger partial charge in [-0.3, -0.25) is 9.59 Å². The molecule has 0 saturated carbocycles. The summed E-state index contributed by atoms with van der Waals surface area (Å²) in [6, 6.07) is 17.1. The smallest absolute Gasteiger partial charge is 0.248 e. The number of benzene rings is 2. The first kappa shape index (κ1) is 23.6. The summed E-state index contributed by atoms with van der Waals surface area (Å²) in [6.45, 7) is -0.735. The number of rotatable bonds is 9. The maximum absolute atomic E-state index is 13.1. The van der Waals surface area contributed by atoms with Crippen LogP contribution in [0.4, 0.5) is 10.2 Å². The minimum absolute atomic E-state index is 0.160. The molecule has 2 aromatic heterocycles. The molecule has 1 unspecified atom stereocenters. The number of nitrogens with one attached hydrogen (secondary N) is 3. The summed E-state index contributed by atoms with van der Waals surface area (Å²) in [5.74, 6) is -0.115. The van der Waals surface area contributed by atoms with Gasteiger partial charge in [-0.1, -0.05) is 6.07 Å². The third-order valence-corrected chi connectivity index (χ3v) is 4.97. The van der Waals surface area contributed by atoms with E-state index < -0.39 is 24.5 Å². The van der Waals surface area contributed by atoms with Gasteiger partial charge in [0, 0.05) is 23.9 Å². The van der Waals surface area contributed by atoms with Crippen molar-refractivity contribution in [3.63, 3.8) is 0 Å². The molecular formula is C25H22FN5O4. The van der Waals surface area contributed by atoms with Crippen LogP contribution in [0.1, 0.15) is 5.69 Å². The lowest BCUT2D eigenvalue weighted by atomic mass is 10.1. The largest absolute Gasteiger partial charge is 0.457 e. The van der Waals surface area contributed by atoms with E-state index in [-0.39, 0.29) is 12.2 Å². The molecular weight excluding hydrogens is 453 g/mol. The van der Waals surface area contributed by atoms with Crippen LogP contribution < -0.4 is 15.4 Å². The molecule has 9 nitrogen and oxygen atoms in total. The molecule has 10 heteroatoms. The predicted molar refractivity (Wildman–Crippen MR) is 126 cm³/mol. The number of aromatic nitrogens is 3. The Kier molecular flexibility index (Phi) is 7.44. The SMILES string of the molecule is O=C(CO)NC(Cc1cnc[nH]1)C(=O)Nc1cccc(-c2ccc(Oc3ccc(F)cc3)cc2)n1. The Morgan fingerprint density at radius 1 is 1.03 bits per heavy atom. The normalized spacial score (nSPS) is 11.5. The molecule has 0 aliphatic heterocycles. The summed E-state index contributed by atoms with van der Waals surface area (Å²) in [5.41, 5.74) is 2.05. The van der Waals surface area contributed by atoms with Gasteiger partial charge in [0.15, 0.2) is 0 Å². The van der Waals surface area contributed by atoms with Crippen LogP contribution in [0, 0.1) is 5.82 Å². The first-order valence-electron chi connectivity index (χ1n) is 10.7. The number of pyridine rings is 1. The number of hydrogen-bond donors (Lipinski definition) is 4. The number of aliphatic hydroxyl groups excluding tert-OH is 1. The zero-order chi connectivity index (χ0) is 24.6. The quantitative estimate of drug-likeness (QED) is 0.295. The van der Waals surface area contributed by atoms with Crippen molar-refractivity contribution in [1.29, 1.82) is 0 Å². The Balaban J connectivity index is 1.45. The summed E-state index contributed by atoms with van der Waals surface area (Å²) in [5, 5.41) is 14.3. The van der Waals surface area contributed by atoms with Crippen LogP contribution in [0.15, 0.2) is 79.3 Å². The van der Waals surface area contributed by atoms with E-state index in [1.165, 1.54) is 18.5 Å². The number of ether oxygens (including phenoxy) is 1. The summed E-state index contributed by atoms with van der Waals surface area (Å²) >= 11 is 0. The molecule has 4 N–H and O–H groups in total. The van der Waals surface area contributed by atoms with Gasteiger partial charge < -0.3 is 25.5 Å². The summed E-state index contributed by atoms with van der Waals surface area (Å²) in [6.07, 6.45) is 3.18. The summed E-state index contributed by atoms with van der Waals surface area (Å²) in [7, 11) is 0. The van der Waals surface area contributed by atoms with Gasteiger partial charge in [0.05, 0.1) is 12.0 Å². The molecule has 0 radical (unpaired) electrons. The first-order chi connectivity index (χ1) is 17.0. The highest BCUT2D eigenvalue weighted by molar-refractivity contribution is 5.97. The molecule has 0 spiro atoms. The van der Waals surface area contributed by atoms with E-state index in [1.54, 1.807) is 48.7 Å². The molecule has 35 heavy (non-hydrogen) atoms. The van der Waals surface area contributed by atoms with Gasteiger partial charge in [-0.05, 0) is 60.7 Å². The van der Waals surface area contributed by atoms with Crippen molar-refractivity contribution in [2.75, 3.05) is 11.9 Å². The van der Waals surface area contributed by atoms with Crippen LogP contribution in [0.25, 0.3) is 11.3 Å². The Morgan fingerprint density at radius 2 is 1.74 bits per heavy atom. The minimum Gasteiger partial charge on any atom is -0.457 e. The number of anilines is 1. The van der Waals surface area contributed by atoms with Gasteiger partial charge in [-0.15, -0.1) is 0 Å². The number of halogens is 1. The van der Waals surface area contributed by atoms with Gasteiger partial charge in [0.1, 0.15) is 35.8 Å². The highest BCUT2D eigenvalue weighted by Crippen LogP contribution is 2.26. The molecule has 0 saturated heterocycles. The number of aromatic amines is 1. The lowest BCUT2D eigenvalue weighted by Gasteiger charge is -2.17. The second kappa shape index (κ2) is 11.0. The fourth-order valence-electron chi connectivity index (χ4n) is 3.28. The molecule has 2 amide bonds. The molecule has 2 heterocycles. The molecule has 0 aliphatic carbocycles. The van der Waals surface area contributed by atoms with Crippen molar-refractivity contribution in [3.05, 3.63) is 90.8 Å². The van der Waals surface area contributed by atoms with E-state index in [1.807, 2.05) is 12.1 Å². The third-order valence-electron chi connectivity index (χ3n) is 4.97. The molecule has 178 valence electrons. The van der Waals surface area contributed by atoms with Gasteiger partial charge in [0.2, 0.25) is 11.8 Å². The van der Waals surface area contributed by atoms with Crippen LogP contribution in [0.2, 0.25) is 0 Å². The zero-order valence-corrected chi connectivity index (χ0v) is 18.4. The highest BCUT2D eigenvalue weighted by Gasteiger charge is 2.22. The third kappa shape index (κ3) is 6.49. The second-order valence-corrected chi connectivity index (χ2v) is 7.54. The molecule has 4 rings (SSSR count). The Labute approximate surface area is 200 Å². The number of amides is 2. The van der Waals surface area contributed by atoms with Gasteiger partial charge in [-0.25, -0.2) is 14.4 Å². The van der Waals surface area contributed by atoms with E-state index in [4.69, 9.17) is 9.84 Å². The molecule has 0 aliphatic rings. The average Bonchev–Trinajstić information content (AvgIpc) is 3.39. The standard InChI is InChI=1S/C25H22FN5O4/c26-17-6-10-20(11-7-17)35-19-8-4-16(5-9-19)21-2-1-3-23(29-21)31-25(34)22(30-24(33)14-32)12-18-13-27-15-28-18/h1-11,13,15,22,32H,12,14H2,(H,27,28)(H,30,33)(H,29,31,34). The Morgan fingerprint density at radius 3 is 2.40 bits per heavy atom. The van der Waals surface area contributed by atoms with Crippen LogP contribution in [0.3, 0.4) is 0 Å². The Bertz CT molecular complexity index is 1280. The number of nitrogens with zero attached hydrogens (tertiary/aromatic N) is 2. The molecule has 2 aromatic carbocycles. The predicted octanol–water partition coefficient (Wildman–Crippen LogP) is 3.06. The molecule has 4 aromatic rings. The van der Waals surface area contributed by atoms with Crippen LogP contribution in [-0.4, -0.2) is 44.5 Å². The van der Waals surface area contributed by atoms with E-state index in [9.17, 15) is 14.0 Å².